The Bertz CT molecular complexity index is 273. The zero-order chi connectivity index (χ0) is 9.10. The van der Waals surface area contributed by atoms with Crippen LogP contribution in [0.3, 0.4) is 0 Å². The molecule has 2 N–H and O–H groups in total. The van der Waals surface area contributed by atoms with E-state index in [0.717, 1.165) is 37.7 Å². The molecule has 0 radical (unpaired) electrons. The summed E-state index contributed by atoms with van der Waals surface area (Å²) in [5.41, 5.74) is 7.73. The van der Waals surface area contributed by atoms with E-state index in [1.165, 1.54) is 0 Å². The van der Waals surface area contributed by atoms with Crippen LogP contribution in [0.5, 0.6) is 0 Å². The Kier molecular flexibility index (Phi) is 2.30. The fourth-order valence-corrected chi connectivity index (χ4v) is 1.53. The molecule has 0 atom stereocenters. The normalized spacial score (nSPS) is 22.0. The lowest BCUT2D eigenvalue weighted by atomic mass is 10.2. The topological polar surface area (TPSA) is 38.5 Å². The molecule has 0 saturated carbocycles. The maximum absolute atomic E-state index is 5.84. The van der Waals surface area contributed by atoms with Crippen molar-refractivity contribution in [2.75, 3.05) is 26.3 Å². The van der Waals surface area contributed by atoms with Crippen molar-refractivity contribution in [2.45, 2.75) is 0 Å². The zero-order valence-electron chi connectivity index (χ0n) is 7.49. The van der Waals surface area contributed by atoms with E-state index >= 15 is 0 Å². The molecule has 0 aromatic carbocycles. The summed E-state index contributed by atoms with van der Waals surface area (Å²) in [5, 5.41) is 0. The van der Waals surface area contributed by atoms with Crippen LogP contribution in [-0.4, -0.2) is 31.2 Å². The van der Waals surface area contributed by atoms with E-state index < -0.39 is 0 Å². The minimum atomic E-state index is 0.790. The van der Waals surface area contributed by atoms with Gasteiger partial charge in [0.25, 0.3) is 0 Å². The van der Waals surface area contributed by atoms with Gasteiger partial charge in [-0.3, -0.25) is 0 Å². The molecular formula is C10H13N2O+. The summed E-state index contributed by atoms with van der Waals surface area (Å²) in [7, 11) is 0. The van der Waals surface area contributed by atoms with Crippen molar-refractivity contribution in [1.82, 2.24) is 4.90 Å². The van der Waals surface area contributed by atoms with Crippen LogP contribution in [0.4, 0.5) is 0 Å². The third-order valence-electron chi connectivity index (χ3n) is 2.22. The minimum Gasteiger partial charge on any atom is -0.378 e. The fourth-order valence-electron chi connectivity index (χ4n) is 1.53. The SMILES string of the molecule is NC1=C(N2CCOCC2)C=C[C+]=C1. The first-order chi connectivity index (χ1) is 6.38. The monoisotopic (exact) mass is 177 g/mol. The Balaban J connectivity index is 2.14. The quantitative estimate of drug-likeness (QED) is 0.590. The van der Waals surface area contributed by atoms with Gasteiger partial charge in [-0.05, 0) is 0 Å². The van der Waals surface area contributed by atoms with Gasteiger partial charge in [-0.15, -0.1) is 0 Å². The molecule has 0 aromatic heterocycles. The van der Waals surface area contributed by atoms with Crippen molar-refractivity contribution < 1.29 is 4.74 Å². The van der Waals surface area contributed by atoms with Gasteiger partial charge in [0.2, 0.25) is 0 Å². The summed E-state index contributed by atoms with van der Waals surface area (Å²) < 4.78 is 5.27. The predicted octanol–water partition coefficient (Wildman–Crippen LogP) is 0.418. The Labute approximate surface area is 78.2 Å². The van der Waals surface area contributed by atoms with Crippen molar-refractivity contribution in [3.63, 3.8) is 0 Å². The molecule has 3 nitrogen and oxygen atoms in total. The lowest BCUT2D eigenvalue weighted by Crippen LogP contribution is -2.36. The molecule has 0 unspecified atom stereocenters. The van der Waals surface area contributed by atoms with Gasteiger partial charge in [0.15, 0.2) is 11.4 Å². The first-order valence-electron chi connectivity index (χ1n) is 4.46. The highest BCUT2D eigenvalue weighted by molar-refractivity contribution is 5.35. The lowest BCUT2D eigenvalue weighted by molar-refractivity contribution is 0.0550. The Morgan fingerprint density at radius 2 is 2.15 bits per heavy atom. The molecule has 68 valence electrons. The van der Waals surface area contributed by atoms with Gasteiger partial charge in [-0.2, -0.15) is 0 Å². The molecule has 1 heterocycles. The third-order valence-corrected chi connectivity index (χ3v) is 2.22. The molecule has 2 rings (SSSR count). The number of hydrogen-bond donors (Lipinski definition) is 1. The van der Waals surface area contributed by atoms with Gasteiger partial charge in [-0.1, -0.05) is 0 Å². The van der Waals surface area contributed by atoms with E-state index in [2.05, 4.69) is 11.0 Å². The van der Waals surface area contributed by atoms with E-state index in [1.807, 2.05) is 18.2 Å². The third kappa shape index (κ3) is 1.72. The maximum atomic E-state index is 5.84. The average Bonchev–Trinajstić information content (AvgIpc) is 2.20. The van der Waals surface area contributed by atoms with E-state index in [0.29, 0.717) is 0 Å². The van der Waals surface area contributed by atoms with Gasteiger partial charge in [0.1, 0.15) is 12.2 Å². The van der Waals surface area contributed by atoms with Crippen molar-refractivity contribution in [3.8, 4) is 0 Å². The summed E-state index contributed by atoms with van der Waals surface area (Å²) in [5.74, 6) is 0. The van der Waals surface area contributed by atoms with E-state index in [9.17, 15) is 0 Å². The van der Waals surface area contributed by atoms with E-state index in [4.69, 9.17) is 10.5 Å². The molecular weight excluding hydrogens is 164 g/mol. The number of nitrogens with zero attached hydrogens (tertiary/aromatic N) is 1. The summed E-state index contributed by atoms with van der Waals surface area (Å²) in [4.78, 5) is 2.24. The number of rotatable bonds is 1. The predicted molar refractivity (Wildman–Crippen MR) is 50.6 cm³/mol. The summed E-state index contributed by atoms with van der Waals surface area (Å²) in [6, 6.07) is 0. The molecule has 1 fully saturated rings. The summed E-state index contributed by atoms with van der Waals surface area (Å²) >= 11 is 0. The van der Waals surface area contributed by atoms with Crippen LogP contribution in [0.15, 0.2) is 29.6 Å². The molecule has 2 aliphatic rings. The molecule has 0 bridgehead atoms. The van der Waals surface area contributed by atoms with Crippen LogP contribution in [-0.2, 0) is 4.74 Å². The van der Waals surface area contributed by atoms with Crippen molar-refractivity contribution in [2.24, 2.45) is 5.73 Å². The summed E-state index contributed by atoms with van der Waals surface area (Å²) in [6.45, 7) is 3.43. The first kappa shape index (κ1) is 8.30. The lowest BCUT2D eigenvalue weighted by Gasteiger charge is -2.27. The highest BCUT2D eigenvalue weighted by atomic mass is 16.5. The number of nitrogens with two attached hydrogens (primary N) is 1. The smallest absolute Gasteiger partial charge is 0.175 e. The Hall–Kier alpha value is -1.31. The Morgan fingerprint density at radius 1 is 1.38 bits per heavy atom. The van der Waals surface area contributed by atoms with Gasteiger partial charge in [0.05, 0.1) is 19.3 Å². The molecule has 3 heteroatoms. The van der Waals surface area contributed by atoms with E-state index in [1.54, 1.807) is 0 Å². The fraction of sp³-hybridized carbons (Fsp3) is 0.400. The molecule has 1 saturated heterocycles. The van der Waals surface area contributed by atoms with Crippen molar-refractivity contribution >= 4 is 0 Å². The van der Waals surface area contributed by atoms with Gasteiger partial charge in [0, 0.05) is 19.2 Å². The maximum Gasteiger partial charge on any atom is 0.175 e. The van der Waals surface area contributed by atoms with Crippen molar-refractivity contribution in [3.05, 3.63) is 35.7 Å². The Morgan fingerprint density at radius 3 is 2.85 bits per heavy atom. The van der Waals surface area contributed by atoms with Crippen LogP contribution in [0.2, 0.25) is 0 Å². The number of ether oxygens (including phenoxy) is 1. The number of hydrogen-bond acceptors (Lipinski definition) is 3. The molecule has 1 aliphatic heterocycles. The zero-order valence-corrected chi connectivity index (χ0v) is 7.49. The highest BCUT2D eigenvalue weighted by Gasteiger charge is 2.19. The largest absolute Gasteiger partial charge is 0.378 e. The van der Waals surface area contributed by atoms with Gasteiger partial charge < -0.3 is 15.4 Å². The van der Waals surface area contributed by atoms with Gasteiger partial charge in [-0.25, -0.2) is 0 Å². The molecule has 13 heavy (non-hydrogen) atoms. The van der Waals surface area contributed by atoms with E-state index in [-0.39, 0.29) is 0 Å². The van der Waals surface area contributed by atoms with Gasteiger partial charge >= 0.3 is 0 Å². The molecule has 0 amide bonds. The summed E-state index contributed by atoms with van der Waals surface area (Å²) in [6.07, 6.45) is 8.66. The molecule has 1 aliphatic carbocycles. The van der Waals surface area contributed by atoms with Crippen LogP contribution in [0, 0.1) is 6.08 Å². The minimum absolute atomic E-state index is 0.790. The number of allylic oxidation sites excluding steroid dienone is 4. The van der Waals surface area contributed by atoms with Crippen LogP contribution in [0.1, 0.15) is 0 Å². The second kappa shape index (κ2) is 3.60. The van der Waals surface area contributed by atoms with Crippen LogP contribution in [0.25, 0.3) is 0 Å². The average molecular weight is 177 g/mol. The van der Waals surface area contributed by atoms with Crippen LogP contribution >= 0.6 is 0 Å². The number of morpholine rings is 1. The molecule has 0 spiro atoms. The standard InChI is InChI=1S/C10H13N2O/c11-9-3-1-2-4-10(9)12-5-7-13-8-6-12/h2-4H,5-8,11H2/q+1. The second-order valence-corrected chi connectivity index (χ2v) is 3.08. The van der Waals surface area contributed by atoms with Crippen LogP contribution < -0.4 is 5.73 Å². The second-order valence-electron chi connectivity index (χ2n) is 3.08. The van der Waals surface area contributed by atoms with Crippen molar-refractivity contribution in [1.29, 1.82) is 0 Å². The first-order valence-corrected chi connectivity index (χ1v) is 4.46. The molecule has 0 aromatic rings. The highest BCUT2D eigenvalue weighted by Crippen LogP contribution is 2.14.